The molecule has 1 heterocycles. The van der Waals surface area contributed by atoms with Crippen LogP contribution < -0.4 is 69.2 Å². The molecule has 1 aromatic heterocycles. The van der Waals surface area contributed by atoms with Crippen molar-refractivity contribution in [2.45, 2.75) is 147 Å². The average molecular weight is 1250 g/mol. The Kier molecular flexibility index (Phi) is 57.6. The molecule has 0 bridgehead atoms. The number of hydrogen-bond acceptors (Lipinski definition) is 22. The summed E-state index contributed by atoms with van der Waals surface area (Å²) in [6.45, 7) is 8.67. The molecule has 0 aliphatic rings. The summed E-state index contributed by atoms with van der Waals surface area (Å²) >= 11 is 1.60. The Labute approximate surface area is 505 Å². The van der Waals surface area contributed by atoms with E-state index in [0.29, 0.717) is 57.5 Å². The number of phenolic OH excluding ortho intramolecular Hbond substituents is 1. The fraction of sp³-hybridized carbons (Fsp3) is 0.547. The number of aromatic nitrogens is 2. The number of unbranched alkanes of at least 4 members (excludes halogenated alkanes) is 1. The summed E-state index contributed by atoms with van der Waals surface area (Å²) in [5.74, 6) is -6.24. The lowest BCUT2D eigenvalue weighted by Gasteiger charge is -2.11. The summed E-state index contributed by atoms with van der Waals surface area (Å²) in [5.41, 5.74) is 59.8. The van der Waals surface area contributed by atoms with E-state index in [0.717, 1.165) is 41.8 Å². The Balaban J connectivity index is -0.000000213. The van der Waals surface area contributed by atoms with Crippen LogP contribution in [-0.2, 0) is 57.6 Å². The normalized spacial score (nSPS) is 13.0. The molecule has 3 aromatic rings. The van der Waals surface area contributed by atoms with Gasteiger partial charge in [0.1, 0.15) is 54.1 Å². The molecule has 0 fully saturated rings. The minimum absolute atomic E-state index is 0. The number of carboxylic acids is 8. The molecule has 0 spiro atoms. The zero-order valence-electron chi connectivity index (χ0n) is 49.7. The first kappa shape index (κ1) is 89.6. The van der Waals surface area contributed by atoms with Gasteiger partial charge < -0.3 is 120 Å². The number of thioether (sulfide) groups is 1. The van der Waals surface area contributed by atoms with Gasteiger partial charge in [0, 0.05) is 24.9 Å². The van der Waals surface area contributed by atoms with Gasteiger partial charge in [0.2, 0.25) is 0 Å². The van der Waals surface area contributed by atoms with Crippen molar-refractivity contribution in [1.29, 1.82) is 0 Å². The predicted molar refractivity (Wildman–Crippen MR) is 329 cm³/mol. The van der Waals surface area contributed by atoms with Crippen molar-refractivity contribution in [3.8, 4) is 5.75 Å². The number of carboxylic acid groups (broad SMARTS) is 8. The highest BCUT2D eigenvalue weighted by atomic mass is 32.2. The third-order valence-corrected chi connectivity index (χ3v) is 11.4. The Hall–Kier alpha value is -7.57. The Morgan fingerprint density at radius 2 is 0.965 bits per heavy atom. The molecular formula is C53H99N15O17S. The summed E-state index contributed by atoms with van der Waals surface area (Å²) < 4.78 is 0. The maximum atomic E-state index is 10.4. The summed E-state index contributed by atoms with van der Waals surface area (Å²) in [4.78, 5) is 91.9. The minimum atomic E-state index is -1.02. The largest absolute Gasteiger partial charge is 0.508 e. The maximum absolute atomic E-state index is 10.4. The van der Waals surface area contributed by atoms with Gasteiger partial charge in [0.05, 0.1) is 6.33 Å². The third-order valence-electron chi connectivity index (χ3n) is 10.7. The van der Waals surface area contributed by atoms with Gasteiger partial charge in [-0.15, -0.1) is 0 Å². The highest BCUT2D eigenvalue weighted by Gasteiger charge is 2.18. The molecule has 9 unspecified atom stereocenters. The molecule has 33 heteroatoms. The van der Waals surface area contributed by atoms with E-state index in [1.165, 1.54) is 18.5 Å². The number of aliphatic carboxylic acids is 8. The lowest BCUT2D eigenvalue weighted by Crippen LogP contribution is -2.36. The second-order valence-electron chi connectivity index (χ2n) is 18.8. The van der Waals surface area contributed by atoms with Crippen molar-refractivity contribution in [1.82, 2.24) is 16.1 Å². The first-order chi connectivity index (χ1) is 39.5. The highest BCUT2D eigenvalue weighted by molar-refractivity contribution is 7.98. The van der Waals surface area contributed by atoms with E-state index in [9.17, 15) is 38.4 Å². The number of aliphatic imine (C=N–C) groups is 1. The van der Waals surface area contributed by atoms with Crippen molar-refractivity contribution in [3.63, 3.8) is 0 Å². The van der Waals surface area contributed by atoms with E-state index in [2.05, 4.69) is 15.0 Å². The molecule has 0 saturated carbocycles. The predicted octanol–water partition coefficient (Wildman–Crippen LogP) is -0.467. The second kappa shape index (κ2) is 55.3. The summed E-state index contributed by atoms with van der Waals surface area (Å²) in [5, 5.41) is 76.1. The van der Waals surface area contributed by atoms with Crippen molar-refractivity contribution >= 4 is 65.5 Å². The van der Waals surface area contributed by atoms with Crippen molar-refractivity contribution in [2.75, 3.05) is 25.1 Å². The van der Waals surface area contributed by atoms with E-state index in [1.54, 1.807) is 30.1 Å². The lowest BCUT2D eigenvalue weighted by molar-refractivity contribution is -0.140. The molecule has 32 nitrogen and oxygen atoms in total. The van der Waals surface area contributed by atoms with Gasteiger partial charge in [-0.1, -0.05) is 83.0 Å². The molecule has 2 aromatic carbocycles. The third kappa shape index (κ3) is 56.9. The Morgan fingerprint density at radius 1 is 0.558 bits per heavy atom. The number of nitrogens with two attached hydrogens (primary N) is 11. The van der Waals surface area contributed by atoms with Gasteiger partial charge in [0.25, 0.3) is 0 Å². The van der Waals surface area contributed by atoms with Crippen LogP contribution in [0.1, 0.15) is 95.9 Å². The standard InChI is InChI=1S/C9H11NO3.C9H11NO2.C6H14N4O2.C6H9N3O2.C6H14N2O2.2C6H13NO2.C5H11NO2S.H3N/c10-8(9(12)13)5-6-1-3-7(11)4-2-6;10-8(9(11)12)6-7-4-2-1-3-5-7;7-4(5(11)12)2-1-3-10-6(8)9;7-5(6(10)11)1-4-2-8-3-9-4;7-4-2-1-3-5(8)6(9)10;1-4(2)3-5(7)6(8)9;1-3-4(2)5(7)6(8)9;1-9-3-2-4(6)5(7)8;/h1-4,8,11H,5,10H2,(H,12,13);1-5,8H,6,10H2,(H,11,12);4H,1-3,7H2,(H,11,12)(H4,8,9,10);2-3,5H,1,7H2,(H,8,9)(H,10,11);5H,1-4,7-8H2,(H,9,10);2*4-5H,3,7H2,1-2H3,(H,8,9);4H,2-3,6H2,1H3,(H,7,8);1H3. The van der Waals surface area contributed by atoms with Gasteiger partial charge in [-0.05, 0) is 105 Å². The molecule has 3 rings (SSSR count). The summed E-state index contributed by atoms with van der Waals surface area (Å²) in [6, 6.07) is 9.51. The zero-order valence-corrected chi connectivity index (χ0v) is 50.5. The Bertz CT molecular complexity index is 2290. The number of carbonyl (C=O) groups is 8. The number of phenols is 1. The molecule has 0 amide bonds. The molecular weight excluding hydrogens is 1150 g/mol. The molecule has 35 N–H and O–H groups in total. The lowest BCUT2D eigenvalue weighted by atomic mass is 10.0. The van der Waals surface area contributed by atoms with Crippen LogP contribution in [0.3, 0.4) is 0 Å². The number of nitrogens with one attached hydrogen (secondary N) is 1. The molecule has 0 saturated heterocycles. The van der Waals surface area contributed by atoms with Crippen LogP contribution >= 0.6 is 11.8 Å². The Morgan fingerprint density at radius 3 is 1.29 bits per heavy atom. The number of rotatable bonds is 29. The van der Waals surface area contributed by atoms with Crippen LogP contribution in [-0.4, -0.2) is 183 Å². The van der Waals surface area contributed by atoms with Crippen molar-refractivity contribution < 1.29 is 84.3 Å². The number of benzene rings is 2. The number of imidazole rings is 1. The van der Waals surface area contributed by atoms with E-state index >= 15 is 0 Å². The van der Waals surface area contributed by atoms with Crippen LogP contribution in [0, 0.1) is 11.8 Å². The van der Waals surface area contributed by atoms with Gasteiger partial charge in [-0.25, -0.2) is 4.98 Å². The van der Waals surface area contributed by atoms with E-state index in [4.69, 9.17) is 109 Å². The molecule has 9 atom stereocenters. The number of guanidine groups is 1. The van der Waals surface area contributed by atoms with Crippen LogP contribution in [0.4, 0.5) is 0 Å². The van der Waals surface area contributed by atoms with Gasteiger partial charge in [-0.3, -0.25) is 43.3 Å². The number of nitrogens with zero attached hydrogens (tertiary/aromatic N) is 2. The first-order valence-electron chi connectivity index (χ1n) is 26.4. The first-order valence-corrected chi connectivity index (χ1v) is 27.8. The fourth-order valence-electron chi connectivity index (χ4n) is 5.40. The van der Waals surface area contributed by atoms with Crippen LogP contribution in [0.15, 0.2) is 72.1 Å². The van der Waals surface area contributed by atoms with E-state index < -0.39 is 96.1 Å². The molecule has 0 aliphatic heterocycles. The SMILES string of the molecule is CC(C)CC(N)C(=O)O.CCC(C)C(N)C(=O)O.CSCCC(N)C(=O)O.N.NC(Cc1ccc(O)cc1)C(=O)O.NC(Cc1ccccc1)C(=O)O.NC(Cc1cnc[nH]1)C(=O)O.NC(N)=NCCCC(N)C(=O)O.NCCCCC(N)C(=O)O. The topological polar surface area (TPSA) is 681 Å². The average Bonchev–Trinajstić information content (AvgIpc) is 3.97. The van der Waals surface area contributed by atoms with Crippen molar-refractivity contribution in [3.05, 3.63) is 83.9 Å². The summed E-state index contributed by atoms with van der Waals surface area (Å²) in [7, 11) is 0. The molecule has 0 aliphatic carbocycles. The smallest absolute Gasteiger partial charge is 0.320 e. The van der Waals surface area contributed by atoms with Gasteiger partial charge >= 0.3 is 47.8 Å². The number of aromatic amines is 1. The maximum Gasteiger partial charge on any atom is 0.320 e. The van der Waals surface area contributed by atoms with Gasteiger partial charge in [-0.2, -0.15) is 11.8 Å². The second-order valence-corrected chi connectivity index (χ2v) is 19.8. The van der Waals surface area contributed by atoms with Crippen LogP contribution in [0.5, 0.6) is 5.75 Å². The quantitative estimate of drug-likeness (QED) is 0.0237. The molecule has 86 heavy (non-hydrogen) atoms. The zero-order chi connectivity index (χ0) is 66.8. The highest BCUT2D eigenvalue weighted by Crippen LogP contribution is 2.11. The number of hydrogen-bond donors (Lipinski definition) is 22. The van der Waals surface area contributed by atoms with E-state index in [1.807, 2.05) is 64.3 Å². The fourth-order valence-corrected chi connectivity index (χ4v) is 5.89. The minimum Gasteiger partial charge on any atom is -0.508 e. The summed E-state index contributed by atoms with van der Waals surface area (Å²) in [6.07, 6.45) is 11.0. The molecule has 494 valence electrons. The number of aromatic hydroxyl groups is 1. The van der Waals surface area contributed by atoms with E-state index in [-0.39, 0.29) is 36.6 Å². The van der Waals surface area contributed by atoms with Gasteiger partial charge in [0.15, 0.2) is 5.96 Å². The molecule has 0 radical (unpaired) electrons. The van der Waals surface area contributed by atoms with Crippen LogP contribution in [0.25, 0.3) is 0 Å². The van der Waals surface area contributed by atoms with Crippen molar-refractivity contribution in [2.24, 2.45) is 79.9 Å². The monoisotopic (exact) mass is 1250 g/mol. The number of H-pyrrole nitrogens is 1. The van der Waals surface area contributed by atoms with Crippen LogP contribution in [0.2, 0.25) is 0 Å².